The van der Waals surface area contributed by atoms with E-state index in [-0.39, 0.29) is 5.41 Å². The van der Waals surface area contributed by atoms with Gasteiger partial charge in [-0.25, -0.2) is 4.98 Å². The Bertz CT molecular complexity index is 1040. The van der Waals surface area contributed by atoms with Crippen LogP contribution in [0.1, 0.15) is 35.6 Å². The minimum Gasteiger partial charge on any atom is -0.496 e. The number of oxazole rings is 1. The van der Waals surface area contributed by atoms with Crippen molar-refractivity contribution in [2.75, 3.05) is 7.11 Å². The Hall–Kier alpha value is -1.68. The van der Waals surface area contributed by atoms with Crippen molar-refractivity contribution in [2.24, 2.45) is 0 Å². The Balaban J connectivity index is 1.80. The zero-order valence-electron chi connectivity index (χ0n) is 15.2. The highest BCUT2D eigenvalue weighted by molar-refractivity contribution is 6.35. The molecule has 1 heterocycles. The van der Waals surface area contributed by atoms with E-state index in [1.165, 1.54) is 0 Å². The third-order valence-corrected chi connectivity index (χ3v) is 6.00. The molecule has 4 rings (SSSR count). The molecule has 140 valence electrons. The average molecular weight is 423 g/mol. The lowest BCUT2D eigenvalue weighted by molar-refractivity contribution is 0.412. The largest absolute Gasteiger partial charge is 0.496 e. The Morgan fingerprint density at radius 3 is 2.41 bits per heavy atom. The lowest BCUT2D eigenvalue weighted by atomic mass is 9.96. The van der Waals surface area contributed by atoms with Crippen molar-refractivity contribution in [3.05, 3.63) is 68.2 Å². The van der Waals surface area contributed by atoms with Gasteiger partial charge < -0.3 is 9.15 Å². The van der Waals surface area contributed by atoms with Crippen LogP contribution in [0.2, 0.25) is 15.1 Å². The zero-order valence-corrected chi connectivity index (χ0v) is 17.5. The first kappa shape index (κ1) is 18.7. The fourth-order valence-corrected chi connectivity index (χ4v) is 4.35. The van der Waals surface area contributed by atoms with E-state index < -0.39 is 0 Å². The van der Waals surface area contributed by atoms with E-state index in [4.69, 9.17) is 48.9 Å². The van der Waals surface area contributed by atoms with E-state index in [1.54, 1.807) is 13.2 Å². The molecule has 1 fully saturated rings. The predicted molar refractivity (Wildman–Crippen MR) is 109 cm³/mol. The number of ether oxygens (including phenoxy) is 1. The minimum atomic E-state index is -0.293. The van der Waals surface area contributed by atoms with Crippen LogP contribution in [0.4, 0.5) is 0 Å². The number of halogens is 3. The third-order valence-electron chi connectivity index (χ3n) is 5.14. The number of methoxy groups -OCH3 is 1. The second-order valence-electron chi connectivity index (χ2n) is 6.93. The molecule has 6 heteroatoms. The highest BCUT2D eigenvalue weighted by atomic mass is 35.5. The van der Waals surface area contributed by atoms with Crippen molar-refractivity contribution < 1.29 is 9.15 Å². The molecule has 0 unspecified atom stereocenters. The quantitative estimate of drug-likeness (QED) is 0.453. The van der Waals surface area contributed by atoms with Crippen molar-refractivity contribution in [3.8, 4) is 17.0 Å². The van der Waals surface area contributed by atoms with Crippen LogP contribution in [0.5, 0.6) is 5.75 Å². The van der Waals surface area contributed by atoms with E-state index in [1.807, 2.05) is 38.1 Å². The monoisotopic (exact) mass is 421 g/mol. The molecule has 1 saturated carbocycles. The molecule has 0 saturated heterocycles. The van der Waals surface area contributed by atoms with Gasteiger partial charge in [-0.3, -0.25) is 0 Å². The van der Waals surface area contributed by atoms with Gasteiger partial charge in [-0.2, -0.15) is 0 Å². The van der Waals surface area contributed by atoms with Crippen molar-refractivity contribution in [2.45, 2.75) is 32.1 Å². The first-order valence-electron chi connectivity index (χ1n) is 8.63. The molecule has 3 aromatic rings. The van der Waals surface area contributed by atoms with Gasteiger partial charge in [0.05, 0.1) is 17.5 Å². The molecular weight excluding hydrogens is 405 g/mol. The number of aromatic nitrogens is 1. The standard InChI is InChI=1S/C21H18Cl3NO2/c1-11-8-14(16(23)10-18(11)26-3)19-12(2)27-20(25-19)21(6-7-21)15-5-4-13(22)9-17(15)24/h4-5,8-10H,6-7H2,1-3H3. The second-order valence-corrected chi connectivity index (χ2v) is 8.18. The third kappa shape index (κ3) is 3.12. The summed E-state index contributed by atoms with van der Waals surface area (Å²) >= 11 is 19.0. The molecule has 1 aliphatic rings. The molecule has 0 radical (unpaired) electrons. The van der Waals surface area contributed by atoms with E-state index in [0.717, 1.165) is 46.7 Å². The smallest absolute Gasteiger partial charge is 0.205 e. The molecule has 0 bridgehead atoms. The molecule has 1 aliphatic carbocycles. The summed E-state index contributed by atoms with van der Waals surface area (Å²) in [6, 6.07) is 9.36. The van der Waals surface area contributed by atoms with Gasteiger partial charge >= 0.3 is 0 Å². The van der Waals surface area contributed by atoms with Gasteiger partial charge in [0.15, 0.2) is 0 Å². The van der Waals surface area contributed by atoms with Crippen molar-refractivity contribution in [1.82, 2.24) is 4.98 Å². The normalized spacial score (nSPS) is 15.0. The summed E-state index contributed by atoms with van der Waals surface area (Å²) in [5.41, 5.74) is 3.28. The van der Waals surface area contributed by atoms with Crippen LogP contribution in [0.15, 0.2) is 34.7 Å². The maximum Gasteiger partial charge on any atom is 0.205 e. The summed E-state index contributed by atoms with van der Waals surface area (Å²) in [5, 5.41) is 1.83. The molecular formula is C21H18Cl3NO2. The lowest BCUT2D eigenvalue weighted by Crippen LogP contribution is -2.10. The highest BCUT2D eigenvalue weighted by Gasteiger charge is 2.51. The molecule has 0 N–H and O–H groups in total. The summed E-state index contributed by atoms with van der Waals surface area (Å²) < 4.78 is 11.4. The molecule has 0 atom stereocenters. The van der Waals surface area contributed by atoms with E-state index >= 15 is 0 Å². The van der Waals surface area contributed by atoms with Gasteiger partial charge in [0.2, 0.25) is 5.89 Å². The van der Waals surface area contributed by atoms with Gasteiger partial charge in [0.1, 0.15) is 17.2 Å². The number of aryl methyl sites for hydroxylation is 2. The summed E-state index contributed by atoms with van der Waals surface area (Å²) in [6.45, 7) is 3.88. The fraction of sp³-hybridized carbons (Fsp3) is 0.286. The minimum absolute atomic E-state index is 0.293. The van der Waals surface area contributed by atoms with Crippen molar-refractivity contribution in [1.29, 1.82) is 0 Å². The number of benzene rings is 2. The Morgan fingerprint density at radius 1 is 1.04 bits per heavy atom. The van der Waals surface area contributed by atoms with E-state index in [9.17, 15) is 0 Å². The molecule has 27 heavy (non-hydrogen) atoms. The number of rotatable bonds is 4. The average Bonchev–Trinajstić information content (AvgIpc) is 3.33. The van der Waals surface area contributed by atoms with Crippen LogP contribution < -0.4 is 4.74 Å². The topological polar surface area (TPSA) is 35.3 Å². The molecule has 1 aromatic heterocycles. The maximum absolute atomic E-state index is 6.49. The summed E-state index contributed by atoms with van der Waals surface area (Å²) in [7, 11) is 1.63. The second kappa shape index (κ2) is 6.73. The van der Waals surface area contributed by atoms with Gasteiger partial charge in [-0.1, -0.05) is 40.9 Å². The molecule has 2 aromatic carbocycles. The van der Waals surface area contributed by atoms with Crippen molar-refractivity contribution >= 4 is 34.8 Å². The van der Waals surface area contributed by atoms with Gasteiger partial charge in [-0.05, 0) is 62.1 Å². The summed E-state index contributed by atoms with van der Waals surface area (Å²) in [6.07, 6.45) is 1.87. The first-order valence-corrected chi connectivity index (χ1v) is 9.77. The molecule has 3 nitrogen and oxygen atoms in total. The van der Waals surface area contributed by atoms with Gasteiger partial charge in [0, 0.05) is 15.6 Å². The summed E-state index contributed by atoms with van der Waals surface area (Å²) in [5.74, 6) is 2.15. The maximum atomic E-state index is 6.49. The fourth-order valence-electron chi connectivity index (χ4n) is 3.52. The van der Waals surface area contributed by atoms with Crippen LogP contribution in [-0.2, 0) is 5.41 Å². The van der Waals surface area contributed by atoms with Crippen LogP contribution in [0.3, 0.4) is 0 Å². The van der Waals surface area contributed by atoms with Crippen LogP contribution in [-0.4, -0.2) is 12.1 Å². The predicted octanol–water partition coefficient (Wildman–Crippen LogP) is 7.01. The Labute approximate surface area is 173 Å². The Morgan fingerprint density at radius 2 is 1.78 bits per heavy atom. The summed E-state index contributed by atoms with van der Waals surface area (Å²) in [4.78, 5) is 4.83. The number of nitrogens with zero attached hydrogens (tertiary/aromatic N) is 1. The SMILES string of the molecule is COc1cc(Cl)c(-c2nc(C3(c4ccc(Cl)cc4Cl)CC3)oc2C)cc1C. The van der Waals surface area contributed by atoms with Crippen LogP contribution in [0.25, 0.3) is 11.3 Å². The number of hydrogen-bond donors (Lipinski definition) is 0. The molecule has 0 spiro atoms. The first-order chi connectivity index (χ1) is 12.9. The van der Waals surface area contributed by atoms with Gasteiger partial charge in [-0.15, -0.1) is 0 Å². The van der Waals surface area contributed by atoms with Gasteiger partial charge in [0.25, 0.3) is 0 Å². The zero-order chi connectivity index (χ0) is 19.3. The lowest BCUT2D eigenvalue weighted by Gasteiger charge is -2.13. The number of hydrogen-bond acceptors (Lipinski definition) is 3. The van der Waals surface area contributed by atoms with Crippen molar-refractivity contribution in [3.63, 3.8) is 0 Å². The van der Waals surface area contributed by atoms with E-state index in [0.29, 0.717) is 21.0 Å². The van der Waals surface area contributed by atoms with Crippen LogP contribution >= 0.6 is 34.8 Å². The molecule has 0 aliphatic heterocycles. The molecule has 0 amide bonds. The van der Waals surface area contributed by atoms with E-state index in [2.05, 4.69) is 0 Å². The highest BCUT2D eigenvalue weighted by Crippen LogP contribution is 2.56. The Kier molecular flexibility index (Phi) is 4.66. The van der Waals surface area contributed by atoms with Crippen LogP contribution in [0, 0.1) is 13.8 Å².